The van der Waals surface area contributed by atoms with Crippen molar-refractivity contribution in [3.8, 4) is 0 Å². The summed E-state index contributed by atoms with van der Waals surface area (Å²) in [5, 5.41) is 12.8. The maximum Gasteiger partial charge on any atom is 0.337 e. The highest BCUT2D eigenvalue weighted by Gasteiger charge is 2.45. The predicted molar refractivity (Wildman–Crippen MR) is 157 cm³/mol. The molecule has 5 aromatic carbocycles. The van der Waals surface area contributed by atoms with Crippen molar-refractivity contribution >= 4 is 40.5 Å². The first kappa shape index (κ1) is 25.3. The Morgan fingerprint density at radius 3 is 1.37 bits per heavy atom. The van der Waals surface area contributed by atoms with E-state index in [-0.39, 0.29) is 5.97 Å². The lowest BCUT2D eigenvalue weighted by atomic mass is 10.2. The van der Waals surface area contributed by atoms with E-state index >= 15 is 0 Å². The number of nitrogens with zero attached hydrogens (tertiary/aromatic N) is 2. The van der Waals surface area contributed by atoms with Gasteiger partial charge in [0.1, 0.15) is 23.2 Å². The molecule has 0 spiro atoms. The van der Waals surface area contributed by atoms with Gasteiger partial charge in [-0.2, -0.15) is 10.2 Å². The minimum Gasteiger partial charge on any atom is -0.465 e. The molecular weight excluding hydrogens is 487 g/mol. The zero-order valence-electron chi connectivity index (χ0n) is 21.1. The van der Waals surface area contributed by atoms with Gasteiger partial charge in [0.15, 0.2) is 0 Å². The lowest BCUT2D eigenvalue weighted by Crippen LogP contribution is -2.32. The molecule has 0 aromatic heterocycles. The van der Waals surface area contributed by atoms with Crippen LogP contribution in [0.2, 0.25) is 0 Å². The number of hydrogen-bond donors (Lipinski definition) is 0. The van der Waals surface area contributed by atoms with Crippen LogP contribution in [-0.2, 0) is 10.9 Å². The summed E-state index contributed by atoms with van der Waals surface area (Å²) in [6.45, 7) is 0. The maximum atomic E-state index is 11.6. The number of benzene rings is 5. The van der Waals surface area contributed by atoms with Crippen LogP contribution in [0.4, 0.5) is 11.4 Å². The van der Waals surface area contributed by atoms with Crippen LogP contribution >= 0.6 is 7.26 Å². The number of azo groups is 1. The van der Waals surface area contributed by atoms with E-state index < -0.39 is 7.26 Å². The Labute approximate surface area is 224 Å². The smallest absolute Gasteiger partial charge is 0.337 e. The van der Waals surface area contributed by atoms with Crippen molar-refractivity contribution in [3.05, 3.63) is 151 Å². The molecule has 0 bridgehead atoms. The van der Waals surface area contributed by atoms with E-state index in [1.165, 1.54) is 28.6 Å². The van der Waals surface area contributed by atoms with Gasteiger partial charge in [0.05, 0.1) is 30.2 Å². The Bertz CT molecular complexity index is 1410. The first-order valence-electron chi connectivity index (χ1n) is 12.4. The topological polar surface area (TPSA) is 51.0 Å². The number of rotatable bonds is 8. The number of carbonyl (C=O) groups is 1. The fraction of sp³-hybridized carbons (Fsp3) is 0.0606. The molecule has 186 valence electrons. The summed E-state index contributed by atoms with van der Waals surface area (Å²) >= 11 is 0. The molecule has 0 amide bonds. The van der Waals surface area contributed by atoms with Crippen molar-refractivity contribution in [2.75, 3.05) is 7.11 Å². The highest BCUT2D eigenvalue weighted by molar-refractivity contribution is 7.95. The lowest BCUT2D eigenvalue weighted by Gasteiger charge is -2.27. The highest BCUT2D eigenvalue weighted by Crippen LogP contribution is 2.58. The second-order valence-electron chi connectivity index (χ2n) is 8.88. The van der Waals surface area contributed by atoms with Gasteiger partial charge in [-0.25, -0.2) is 4.79 Å². The molecular formula is C33H28N2O2P+. The second kappa shape index (κ2) is 11.8. The molecule has 0 saturated heterocycles. The molecule has 38 heavy (non-hydrogen) atoms. The average molecular weight is 516 g/mol. The molecule has 0 heterocycles. The molecule has 5 aromatic rings. The summed E-state index contributed by atoms with van der Waals surface area (Å²) in [6, 6.07) is 47.8. The van der Waals surface area contributed by atoms with Crippen LogP contribution in [0.1, 0.15) is 15.9 Å². The monoisotopic (exact) mass is 515 g/mol. The summed E-state index contributed by atoms with van der Waals surface area (Å²) in [5.41, 5.74) is 3.17. The van der Waals surface area contributed by atoms with Gasteiger partial charge in [-0.05, 0) is 78.4 Å². The summed E-state index contributed by atoms with van der Waals surface area (Å²) in [4.78, 5) is 11.6. The Kier molecular flexibility index (Phi) is 7.82. The molecule has 0 fully saturated rings. The van der Waals surface area contributed by atoms with Crippen LogP contribution < -0.4 is 15.9 Å². The summed E-state index contributed by atoms with van der Waals surface area (Å²) in [7, 11) is -0.595. The fourth-order valence-corrected chi connectivity index (χ4v) is 8.85. The van der Waals surface area contributed by atoms with Crippen LogP contribution in [0.25, 0.3) is 0 Å². The zero-order valence-corrected chi connectivity index (χ0v) is 22.0. The Morgan fingerprint density at radius 2 is 0.974 bits per heavy atom. The van der Waals surface area contributed by atoms with E-state index in [9.17, 15) is 4.79 Å². The first-order valence-corrected chi connectivity index (χ1v) is 14.4. The number of methoxy groups -OCH3 is 1. The zero-order chi connectivity index (χ0) is 26.2. The average Bonchev–Trinajstić information content (AvgIpc) is 3.00. The van der Waals surface area contributed by atoms with Crippen LogP contribution in [-0.4, -0.2) is 13.1 Å². The maximum absolute atomic E-state index is 11.6. The summed E-state index contributed by atoms with van der Waals surface area (Å²) in [6.07, 6.45) is 0.900. The van der Waals surface area contributed by atoms with E-state index in [0.717, 1.165) is 11.8 Å². The van der Waals surface area contributed by atoms with Crippen LogP contribution in [0.15, 0.2) is 150 Å². The SMILES string of the molecule is COC(=O)c1ccc(N=Nc2ccc(C[P+](c3ccccc3)(c3ccccc3)c3ccccc3)cc2)cc1. The highest BCUT2D eigenvalue weighted by atomic mass is 31.2. The largest absolute Gasteiger partial charge is 0.465 e. The van der Waals surface area contributed by atoms with Gasteiger partial charge in [-0.1, -0.05) is 66.7 Å². The normalized spacial score (nSPS) is 11.4. The molecule has 0 N–H and O–H groups in total. The molecule has 0 aliphatic carbocycles. The molecule has 0 atom stereocenters. The third-order valence-corrected chi connectivity index (χ3v) is 10.9. The first-order chi connectivity index (χ1) is 18.7. The van der Waals surface area contributed by atoms with Crippen molar-refractivity contribution in [2.24, 2.45) is 10.2 Å². The van der Waals surface area contributed by atoms with Crippen molar-refractivity contribution in [1.29, 1.82) is 0 Å². The third-order valence-electron chi connectivity index (χ3n) is 6.52. The summed E-state index contributed by atoms with van der Waals surface area (Å²) < 4.78 is 4.74. The van der Waals surface area contributed by atoms with Crippen LogP contribution in [0.3, 0.4) is 0 Å². The molecule has 0 aliphatic rings. The molecule has 0 saturated carbocycles. The van der Waals surface area contributed by atoms with E-state index in [1.807, 2.05) is 12.1 Å². The van der Waals surface area contributed by atoms with Crippen molar-refractivity contribution in [2.45, 2.75) is 6.16 Å². The number of hydrogen-bond acceptors (Lipinski definition) is 4. The van der Waals surface area contributed by atoms with Crippen molar-refractivity contribution in [3.63, 3.8) is 0 Å². The molecule has 5 heteroatoms. The van der Waals surface area contributed by atoms with Crippen LogP contribution in [0.5, 0.6) is 0 Å². The predicted octanol–water partition coefficient (Wildman–Crippen LogP) is 7.38. The van der Waals surface area contributed by atoms with Gasteiger partial charge >= 0.3 is 5.97 Å². The molecule has 0 unspecified atom stereocenters. The molecule has 0 aliphatic heterocycles. The van der Waals surface area contributed by atoms with Crippen molar-refractivity contribution < 1.29 is 9.53 Å². The summed E-state index contributed by atoms with van der Waals surface area (Å²) in [5.74, 6) is -0.371. The number of esters is 1. The lowest BCUT2D eigenvalue weighted by molar-refractivity contribution is 0.0601. The van der Waals surface area contributed by atoms with Gasteiger partial charge in [0.2, 0.25) is 0 Å². The van der Waals surface area contributed by atoms with Crippen molar-refractivity contribution in [1.82, 2.24) is 0 Å². The fourth-order valence-electron chi connectivity index (χ4n) is 4.61. The Balaban J connectivity index is 1.47. The number of carbonyl (C=O) groups excluding carboxylic acids is 1. The van der Waals surface area contributed by atoms with Gasteiger partial charge < -0.3 is 4.74 Å². The minimum atomic E-state index is -1.96. The minimum absolute atomic E-state index is 0.371. The quantitative estimate of drug-likeness (QED) is 0.123. The van der Waals surface area contributed by atoms with Crippen LogP contribution in [0, 0.1) is 0 Å². The molecule has 4 nitrogen and oxygen atoms in total. The Morgan fingerprint density at radius 1 is 0.579 bits per heavy atom. The van der Waals surface area contributed by atoms with E-state index in [4.69, 9.17) is 4.74 Å². The van der Waals surface area contributed by atoms with Gasteiger partial charge in [-0.3, -0.25) is 0 Å². The van der Waals surface area contributed by atoms with Gasteiger partial charge in [0, 0.05) is 0 Å². The van der Waals surface area contributed by atoms with Gasteiger partial charge in [0.25, 0.3) is 0 Å². The Hall–Kier alpha value is -4.40. The third kappa shape index (κ3) is 5.46. The van der Waals surface area contributed by atoms with Gasteiger partial charge in [-0.15, -0.1) is 0 Å². The van der Waals surface area contributed by atoms with E-state index in [0.29, 0.717) is 11.3 Å². The van der Waals surface area contributed by atoms with E-state index in [2.05, 4.69) is 113 Å². The molecule has 5 rings (SSSR count). The van der Waals surface area contributed by atoms with E-state index in [1.54, 1.807) is 24.3 Å². The number of ether oxygens (including phenoxy) is 1. The standard InChI is InChI=1S/C33H28N2O2P/c1-37-33(36)27-19-23-29(24-20-27)35-34-28-21-17-26(18-22-28)25-38(30-11-5-2-6-12-30,31-13-7-3-8-14-31)32-15-9-4-10-16-32/h2-24H,25H2,1H3/q+1. The second-order valence-corrected chi connectivity index (χ2v) is 12.4. The molecule has 0 radical (unpaired) electrons.